The number of halogens is 4. The van der Waals surface area contributed by atoms with Crippen molar-refractivity contribution in [3.05, 3.63) is 59.9 Å². The summed E-state index contributed by atoms with van der Waals surface area (Å²) in [7, 11) is 0. The molecule has 2 rings (SSSR count). The number of rotatable bonds is 8. The van der Waals surface area contributed by atoms with Gasteiger partial charge < -0.3 is 20.1 Å². The molecule has 2 N–H and O–H groups in total. The van der Waals surface area contributed by atoms with Gasteiger partial charge in [0, 0.05) is 19.5 Å². The summed E-state index contributed by atoms with van der Waals surface area (Å²) in [6, 6.07) is 12.4. The summed E-state index contributed by atoms with van der Waals surface area (Å²) in [4.78, 5) is 22.7. The third kappa shape index (κ3) is 8.96. The number of ether oxygens (including phenoxy) is 2. The van der Waals surface area contributed by atoms with E-state index < -0.39 is 24.8 Å². The first-order valence-electron chi connectivity index (χ1n) is 8.48. The van der Waals surface area contributed by atoms with Crippen LogP contribution < -0.4 is 15.4 Å². The minimum Gasteiger partial charge on any atom is -0.457 e. The molecule has 2 amide bonds. The highest BCUT2D eigenvalue weighted by Crippen LogP contribution is 2.21. The molecule has 0 unspecified atom stereocenters. The molecule has 0 spiro atoms. The Balaban J connectivity index is 1.66. The van der Waals surface area contributed by atoms with Crippen LogP contribution in [0.15, 0.2) is 48.5 Å². The SMILES string of the molecule is O=C(CCNC(=O)OCC(F)(F)F)NCc1ccc(Oc2ccc(F)cc2)cc1. The minimum absolute atomic E-state index is 0.118. The van der Waals surface area contributed by atoms with E-state index in [1.165, 1.54) is 24.3 Å². The van der Waals surface area contributed by atoms with Crippen molar-refractivity contribution < 1.29 is 36.6 Å². The molecule has 10 heteroatoms. The topological polar surface area (TPSA) is 76.7 Å². The summed E-state index contributed by atoms with van der Waals surface area (Å²) < 4.78 is 58.0. The molecule has 0 aliphatic heterocycles. The zero-order chi connectivity index (χ0) is 21.3. The summed E-state index contributed by atoms with van der Waals surface area (Å²) >= 11 is 0. The van der Waals surface area contributed by atoms with E-state index in [-0.39, 0.29) is 25.3 Å². The van der Waals surface area contributed by atoms with Gasteiger partial charge in [0.05, 0.1) is 0 Å². The predicted molar refractivity (Wildman–Crippen MR) is 94.8 cm³/mol. The highest BCUT2D eigenvalue weighted by molar-refractivity contribution is 5.77. The first-order valence-corrected chi connectivity index (χ1v) is 8.48. The third-order valence-corrected chi connectivity index (χ3v) is 3.45. The van der Waals surface area contributed by atoms with E-state index >= 15 is 0 Å². The number of nitrogens with one attached hydrogen (secondary N) is 2. The van der Waals surface area contributed by atoms with E-state index in [0.717, 1.165) is 5.56 Å². The number of benzene rings is 2. The van der Waals surface area contributed by atoms with Gasteiger partial charge in [-0.25, -0.2) is 9.18 Å². The van der Waals surface area contributed by atoms with E-state index in [4.69, 9.17) is 4.74 Å². The lowest BCUT2D eigenvalue weighted by Crippen LogP contribution is -2.32. The van der Waals surface area contributed by atoms with Crippen LogP contribution in [-0.4, -0.2) is 31.3 Å². The Kier molecular flexibility index (Phi) is 7.81. The van der Waals surface area contributed by atoms with Crippen molar-refractivity contribution in [2.75, 3.05) is 13.2 Å². The summed E-state index contributed by atoms with van der Waals surface area (Å²) in [5.74, 6) is 0.256. The molecule has 2 aromatic carbocycles. The van der Waals surface area contributed by atoms with Crippen molar-refractivity contribution in [2.45, 2.75) is 19.1 Å². The molecule has 0 aromatic heterocycles. The molecule has 2 aromatic rings. The van der Waals surface area contributed by atoms with E-state index in [9.17, 15) is 27.2 Å². The van der Waals surface area contributed by atoms with E-state index in [0.29, 0.717) is 11.5 Å². The van der Waals surface area contributed by atoms with Gasteiger partial charge in [-0.1, -0.05) is 12.1 Å². The average Bonchev–Trinajstić information content (AvgIpc) is 2.67. The maximum Gasteiger partial charge on any atom is 0.422 e. The standard InChI is InChI=1S/C19H18F4N2O4/c20-14-3-7-16(8-4-14)29-15-5-1-13(2-6-15)11-25-17(26)9-10-24-18(27)28-12-19(21,22)23/h1-8H,9-12H2,(H,24,27)(H,25,26). The molecule has 0 heterocycles. The summed E-state index contributed by atoms with van der Waals surface area (Å²) in [6.45, 7) is -1.63. The van der Waals surface area contributed by atoms with Gasteiger partial charge in [-0.05, 0) is 42.0 Å². The Morgan fingerprint density at radius 1 is 0.897 bits per heavy atom. The molecule has 6 nitrogen and oxygen atoms in total. The fourth-order valence-electron chi connectivity index (χ4n) is 2.08. The number of hydrogen-bond donors (Lipinski definition) is 2. The van der Waals surface area contributed by atoms with E-state index in [2.05, 4.69) is 15.4 Å². The predicted octanol–water partition coefficient (Wildman–Crippen LogP) is 3.91. The Labute approximate surface area is 163 Å². The van der Waals surface area contributed by atoms with Crippen LogP contribution in [0.4, 0.5) is 22.4 Å². The molecule has 0 radical (unpaired) electrons. The van der Waals surface area contributed by atoms with Crippen LogP contribution in [0.2, 0.25) is 0 Å². The van der Waals surface area contributed by atoms with Gasteiger partial charge in [0.15, 0.2) is 6.61 Å². The van der Waals surface area contributed by atoms with Crippen LogP contribution in [0.1, 0.15) is 12.0 Å². The quantitative estimate of drug-likeness (QED) is 0.642. The molecule has 0 fully saturated rings. The second kappa shape index (κ2) is 10.3. The monoisotopic (exact) mass is 414 g/mol. The van der Waals surface area contributed by atoms with Gasteiger partial charge in [0.2, 0.25) is 5.91 Å². The molecular weight excluding hydrogens is 396 g/mol. The summed E-state index contributed by atoms with van der Waals surface area (Å²) in [5.41, 5.74) is 0.780. The Morgan fingerprint density at radius 3 is 2.07 bits per heavy atom. The lowest BCUT2D eigenvalue weighted by Gasteiger charge is -2.10. The first kappa shape index (κ1) is 22.0. The van der Waals surface area contributed by atoms with Gasteiger partial charge >= 0.3 is 12.3 Å². The fourth-order valence-corrected chi connectivity index (χ4v) is 2.08. The second-order valence-corrected chi connectivity index (χ2v) is 5.84. The lowest BCUT2D eigenvalue weighted by molar-refractivity contribution is -0.160. The molecule has 0 bridgehead atoms. The summed E-state index contributed by atoms with van der Waals surface area (Å²) in [6.07, 6.45) is -5.96. The Hall–Kier alpha value is -3.30. The maximum absolute atomic E-state index is 12.9. The van der Waals surface area contributed by atoms with Crippen LogP contribution in [0.25, 0.3) is 0 Å². The zero-order valence-electron chi connectivity index (χ0n) is 15.1. The number of carbonyl (C=O) groups is 2. The van der Waals surface area contributed by atoms with Gasteiger partial charge in [-0.2, -0.15) is 13.2 Å². The lowest BCUT2D eigenvalue weighted by atomic mass is 10.2. The van der Waals surface area contributed by atoms with E-state index in [1.54, 1.807) is 24.3 Å². The number of hydrogen-bond acceptors (Lipinski definition) is 4. The van der Waals surface area contributed by atoms with Gasteiger partial charge in [-0.15, -0.1) is 0 Å². The van der Waals surface area contributed by atoms with Crippen LogP contribution in [0, 0.1) is 5.82 Å². The third-order valence-electron chi connectivity index (χ3n) is 3.45. The van der Waals surface area contributed by atoms with Crippen molar-refractivity contribution in [1.29, 1.82) is 0 Å². The number of alkyl halides is 3. The molecule has 0 saturated heterocycles. The molecule has 29 heavy (non-hydrogen) atoms. The summed E-state index contributed by atoms with van der Waals surface area (Å²) in [5, 5.41) is 4.67. The van der Waals surface area contributed by atoms with Crippen LogP contribution in [0.3, 0.4) is 0 Å². The minimum atomic E-state index is -4.60. The second-order valence-electron chi connectivity index (χ2n) is 5.84. The fraction of sp³-hybridized carbons (Fsp3) is 0.263. The smallest absolute Gasteiger partial charge is 0.422 e. The van der Waals surface area contributed by atoms with Crippen molar-refractivity contribution in [1.82, 2.24) is 10.6 Å². The normalized spacial score (nSPS) is 10.9. The highest BCUT2D eigenvalue weighted by Gasteiger charge is 2.29. The molecule has 0 aliphatic carbocycles. The van der Waals surface area contributed by atoms with Crippen LogP contribution in [-0.2, 0) is 16.1 Å². The van der Waals surface area contributed by atoms with E-state index in [1.807, 2.05) is 0 Å². The van der Waals surface area contributed by atoms with Crippen molar-refractivity contribution in [2.24, 2.45) is 0 Å². The number of carbonyl (C=O) groups excluding carboxylic acids is 2. The molecule has 0 atom stereocenters. The molecule has 0 aliphatic rings. The highest BCUT2D eigenvalue weighted by atomic mass is 19.4. The van der Waals surface area contributed by atoms with Gasteiger partial charge in [0.1, 0.15) is 17.3 Å². The number of amides is 2. The largest absolute Gasteiger partial charge is 0.457 e. The zero-order valence-corrected chi connectivity index (χ0v) is 15.1. The van der Waals surface area contributed by atoms with Crippen LogP contribution >= 0.6 is 0 Å². The number of alkyl carbamates (subject to hydrolysis) is 1. The van der Waals surface area contributed by atoms with Crippen molar-refractivity contribution in [3.63, 3.8) is 0 Å². The van der Waals surface area contributed by atoms with Crippen LogP contribution in [0.5, 0.6) is 11.5 Å². The average molecular weight is 414 g/mol. The molecular formula is C19H18F4N2O4. The molecule has 0 saturated carbocycles. The van der Waals surface area contributed by atoms with Crippen molar-refractivity contribution in [3.8, 4) is 11.5 Å². The van der Waals surface area contributed by atoms with Gasteiger partial charge in [0.25, 0.3) is 0 Å². The Bertz CT molecular complexity index is 808. The Morgan fingerprint density at radius 2 is 1.48 bits per heavy atom. The molecule has 156 valence electrons. The van der Waals surface area contributed by atoms with Gasteiger partial charge in [-0.3, -0.25) is 4.79 Å². The first-order chi connectivity index (χ1) is 13.7. The maximum atomic E-state index is 12.9. The van der Waals surface area contributed by atoms with Crippen molar-refractivity contribution >= 4 is 12.0 Å².